The van der Waals surface area contributed by atoms with E-state index in [-0.39, 0.29) is 11.8 Å². The molecule has 0 radical (unpaired) electrons. The zero-order valence-electron chi connectivity index (χ0n) is 19.9. The monoisotopic (exact) mass is 574 g/mol. The predicted molar refractivity (Wildman–Crippen MR) is 153 cm³/mol. The van der Waals surface area contributed by atoms with Gasteiger partial charge in [0.1, 0.15) is 0 Å². The Morgan fingerprint density at radius 3 is 2.34 bits per heavy atom. The predicted octanol–water partition coefficient (Wildman–Crippen LogP) is 7.54. The summed E-state index contributed by atoms with van der Waals surface area (Å²) in [6, 6.07) is 13.9. The van der Waals surface area contributed by atoms with Crippen LogP contribution >= 0.6 is 43.4 Å². The lowest BCUT2D eigenvalue weighted by atomic mass is 9.91. The highest BCUT2D eigenvalue weighted by molar-refractivity contribution is 7.89. The van der Waals surface area contributed by atoms with E-state index in [0.29, 0.717) is 41.8 Å². The van der Waals surface area contributed by atoms with Crippen LogP contribution in [0.5, 0.6) is 0 Å². The third kappa shape index (κ3) is 7.97. The number of nitrogens with zero attached hydrogens (tertiary/aromatic N) is 1. The summed E-state index contributed by atoms with van der Waals surface area (Å²) in [4.78, 5) is 2.42. The molecule has 2 aliphatic rings. The maximum Gasteiger partial charge on any atom is 0.211 e. The van der Waals surface area contributed by atoms with Crippen molar-refractivity contribution in [2.75, 3.05) is 29.9 Å². The Kier molecular flexibility index (Phi) is 10.1. The number of rotatable bonds is 9. The molecule has 1 saturated carbocycles. The normalized spacial score (nSPS) is 22.2. The fourth-order valence-electron chi connectivity index (χ4n) is 5.36. The molecule has 1 aliphatic carbocycles. The summed E-state index contributed by atoms with van der Waals surface area (Å²) in [5.74, 6) is 0.611. The van der Waals surface area contributed by atoms with Crippen LogP contribution in [0.1, 0.15) is 56.6 Å². The molecule has 1 saturated heterocycles. The third-order valence-electron chi connectivity index (χ3n) is 7.12. The van der Waals surface area contributed by atoms with Gasteiger partial charge in [0.15, 0.2) is 0 Å². The van der Waals surface area contributed by atoms with Crippen molar-refractivity contribution in [2.45, 2.75) is 56.6 Å². The summed E-state index contributed by atoms with van der Waals surface area (Å²) in [5.41, 5.74) is 2.72. The van der Waals surface area contributed by atoms with Gasteiger partial charge < -0.3 is 4.90 Å². The van der Waals surface area contributed by atoms with Crippen LogP contribution in [0.4, 0.5) is 5.69 Å². The molecule has 35 heavy (non-hydrogen) atoms. The van der Waals surface area contributed by atoms with Crippen LogP contribution in [0.25, 0.3) is 0 Å². The van der Waals surface area contributed by atoms with Crippen molar-refractivity contribution in [1.29, 1.82) is 0 Å². The number of piperidine rings is 1. The van der Waals surface area contributed by atoms with E-state index >= 15 is 0 Å². The number of sulfonamides is 1. The molecule has 2 fully saturated rings. The highest BCUT2D eigenvalue weighted by Crippen LogP contribution is 2.42. The van der Waals surface area contributed by atoms with E-state index in [1.54, 1.807) is 0 Å². The van der Waals surface area contributed by atoms with Crippen LogP contribution in [0, 0.1) is 5.92 Å². The number of hydrogen-bond acceptors (Lipinski definition) is 3. The van der Waals surface area contributed by atoms with E-state index in [1.807, 2.05) is 30.3 Å². The first-order valence-electron chi connectivity index (χ1n) is 12.5. The van der Waals surface area contributed by atoms with E-state index < -0.39 is 10.0 Å². The minimum Gasteiger partial charge on any atom is -0.364 e. The summed E-state index contributed by atoms with van der Waals surface area (Å²) in [5, 5.41) is 2.04. The van der Waals surface area contributed by atoms with Crippen LogP contribution in [0.2, 0.25) is 15.1 Å². The molecule has 1 aliphatic heterocycles. The lowest BCUT2D eigenvalue weighted by molar-refractivity contribution is 0.384. The van der Waals surface area contributed by atoms with E-state index in [4.69, 9.17) is 34.8 Å². The highest BCUT2D eigenvalue weighted by atomic mass is 35.5. The van der Waals surface area contributed by atoms with Gasteiger partial charge in [-0.25, -0.2) is 13.1 Å². The standard InChI is InChI=1S/C26H34Cl3N2O2PS/c27-20-6-9-22(10-7-20)31-17-23(11-13-26(31)24-12-8-21(28)16-25(24)29)34-15-14-30-35(32,33)18-19-4-2-1-3-5-19/h6-10,12,16,19,23,26,30,34H,1-5,11,13-15,17-18H2/t23-,26+/m1/s1. The largest absolute Gasteiger partial charge is 0.364 e. The Morgan fingerprint density at radius 2 is 1.63 bits per heavy atom. The van der Waals surface area contributed by atoms with E-state index in [9.17, 15) is 8.42 Å². The molecule has 1 unspecified atom stereocenters. The Hall–Kier alpha value is -0.550. The summed E-state index contributed by atoms with van der Waals surface area (Å²) >= 11 is 18.9. The van der Waals surface area contributed by atoms with E-state index in [2.05, 4.69) is 21.8 Å². The fraction of sp³-hybridized carbons (Fsp3) is 0.538. The van der Waals surface area contributed by atoms with Gasteiger partial charge in [-0.2, -0.15) is 0 Å². The van der Waals surface area contributed by atoms with Crippen LogP contribution in [0.3, 0.4) is 0 Å². The molecule has 0 bridgehead atoms. The SMILES string of the molecule is O=S(=O)(CC1CCCCC1)NCCP[C@@H]1CC[C@@H](c2ccc(Cl)cc2Cl)N(c2ccc(Cl)cc2)C1. The highest BCUT2D eigenvalue weighted by Gasteiger charge is 2.31. The molecule has 0 amide bonds. The molecule has 192 valence electrons. The molecule has 1 heterocycles. The Balaban J connectivity index is 1.35. The molecule has 9 heteroatoms. The van der Waals surface area contributed by atoms with Crippen molar-refractivity contribution in [2.24, 2.45) is 5.92 Å². The maximum absolute atomic E-state index is 12.5. The minimum absolute atomic E-state index is 0.163. The molecule has 2 aromatic carbocycles. The smallest absolute Gasteiger partial charge is 0.211 e. The molecule has 1 N–H and O–H groups in total. The van der Waals surface area contributed by atoms with Crippen molar-refractivity contribution in [1.82, 2.24) is 4.72 Å². The minimum atomic E-state index is -3.19. The van der Waals surface area contributed by atoms with Crippen LogP contribution in [-0.2, 0) is 10.0 Å². The lowest BCUT2D eigenvalue weighted by Crippen LogP contribution is -2.40. The lowest BCUT2D eigenvalue weighted by Gasteiger charge is -2.42. The number of anilines is 1. The molecule has 4 rings (SSSR count). The van der Waals surface area contributed by atoms with Crippen molar-refractivity contribution in [3.63, 3.8) is 0 Å². The Labute approximate surface area is 226 Å². The molecular weight excluding hydrogens is 542 g/mol. The molecular formula is C26H34Cl3N2O2PS. The zero-order valence-corrected chi connectivity index (χ0v) is 23.9. The van der Waals surface area contributed by atoms with Crippen molar-refractivity contribution < 1.29 is 8.42 Å². The second-order valence-electron chi connectivity index (χ2n) is 9.72. The van der Waals surface area contributed by atoms with Crippen LogP contribution in [-0.4, -0.2) is 39.1 Å². The van der Waals surface area contributed by atoms with Gasteiger partial charge in [-0.3, -0.25) is 0 Å². The van der Waals surface area contributed by atoms with Gasteiger partial charge in [0, 0.05) is 33.8 Å². The first-order valence-corrected chi connectivity index (χ1v) is 16.6. The van der Waals surface area contributed by atoms with Crippen LogP contribution in [0.15, 0.2) is 42.5 Å². The topological polar surface area (TPSA) is 49.4 Å². The molecule has 2 aromatic rings. The van der Waals surface area contributed by atoms with Gasteiger partial charge in [-0.05, 0) is 85.4 Å². The molecule has 0 aromatic heterocycles. The number of nitrogens with one attached hydrogen (secondary N) is 1. The van der Waals surface area contributed by atoms with Gasteiger partial charge in [0.05, 0.1) is 11.8 Å². The average Bonchev–Trinajstić information content (AvgIpc) is 2.83. The summed E-state index contributed by atoms with van der Waals surface area (Å²) in [7, 11) is -2.49. The fourth-order valence-corrected chi connectivity index (χ4v) is 9.06. The first kappa shape index (κ1) is 27.5. The number of halogens is 3. The van der Waals surface area contributed by atoms with Gasteiger partial charge >= 0.3 is 0 Å². The van der Waals surface area contributed by atoms with Crippen molar-refractivity contribution in [3.8, 4) is 0 Å². The van der Waals surface area contributed by atoms with Gasteiger partial charge in [0.25, 0.3) is 0 Å². The second kappa shape index (κ2) is 12.8. The van der Waals surface area contributed by atoms with Crippen molar-refractivity contribution in [3.05, 3.63) is 63.1 Å². The summed E-state index contributed by atoms with van der Waals surface area (Å²) in [6.07, 6.45) is 8.59. The molecule has 0 spiro atoms. The summed E-state index contributed by atoms with van der Waals surface area (Å²) < 4.78 is 27.9. The Bertz CT molecular complexity index is 1080. The van der Waals surface area contributed by atoms with Gasteiger partial charge in [-0.15, -0.1) is 8.58 Å². The quantitative estimate of drug-likeness (QED) is 0.248. The zero-order chi connectivity index (χ0) is 24.8. The van der Waals surface area contributed by atoms with E-state index in [1.165, 1.54) is 6.42 Å². The number of hydrogen-bond donors (Lipinski definition) is 1. The third-order valence-corrected chi connectivity index (χ3v) is 11.1. The van der Waals surface area contributed by atoms with Gasteiger partial charge in [0.2, 0.25) is 10.0 Å². The average molecular weight is 576 g/mol. The summed E-state index contributed by atoms with van der Waals surface area (Å²) in [6.45, 7) is 1.43. The molecule has 3 atom stereocenters. The second-order valence-corrected chi connectivity index (χ2v) is 14.6. The van der Waals surface area contributed by atoms with Crippen LogP contribution < -0.4 is 9.62 Å². The van der Waals surface area contributed by atoms with Crippen molar-refractivity contribution >= 4 is 59.1 Å². The Morgan fingerprint density at radius 1 is 0.914 bits per heavy atom. The number of benzene rings is 2. The van der Waals surface area contributed by atoms with E-state index in [0.717, 1.165) is 62.5 Å². The van der Waals surface area contributed by atoms with Gasteiger partial charge in [-0.1, -0.05) is 60.1 Å². The maximum atomic E-state index is 12.5. The first-order chi connectivity index (χ1) is 16.8. The molecule has 4 nitrogen and oxygen atoms in total.